The van der Waals surface area contributed by atoms with Crippen molar-refractivity contribution in [3.63, 3.8) is 0 Å². The normalized spacial score (nSPS) is 13.4. The van der Waals surface area contributed by atoms with Gasteiger partial charge in [0.05, 0.1) is 6.54 Å². The van der Waals surface area contributed by atoms with Gasteiger partial charge in [-0.1, -0.05) is 236 Å². The van der Waals surface area contributed by atoms with Crippen molar-refractivity contribution in [2.75, 3.05) is 0 Å². The first kappa shape index (κ1) is 44.0. The Morgan fingerprint density at radius 1 is 0.500 bits per heavy atom. The minimum Gasteiger partial charge on any atom is -0.237 e. The molecule has 52 heavy (non-hydrogen) atoms. The summed E-state index contributed by atoms with van der Waals surface area (Å²) in [6, 6.07) is 23.1. The first-order valence-corrected chi connectivity index (χ1v) is 22.8. The maximum absolute atomic E-state index is 2.60. The van der Waals surface area contributed by atoms with Crippen LogP contribution in [0, 0.1) is 0 Å². The molecule has 1 heterocycles. The van der Waals surface area contributed by atoms with Gasteiger partial charge in [-0.25, -0.2) is 9.13 Å². The van der Waals surface area contributed by atoms with Gasteiger partial charge in [-0.05, 0) is 43.2 Å². The van der Waals surface area contributed by atoms with Crippen LogP contribution in [0.4, 0.5) is 0 Å². The Hall–Kier alpha value is -2.35. The number of hydrogen-bond donors (Lipinski definition) is 0. The van der Waals surface area contributed by atoms with Gasteiger partial charge < -0.3 is 0 Å². The molecule has 3 aromatic rings. The third kappa shape index (κ3) is 18.6. The lowest BCUT2D eigenvalue weighted by molar-refractivity contribution is -0.697. The summed E-state index contributed by atoms with van der Waals surface area (Å²) in [7, 11) is 0. The lowest BCUT2D eigenvalue weighted by Crippen LogP contribution is -2.38. The summed E-state index contributed by atoms with van der Waals surface area (Å²) >= 11 is 0. The maximum atomic E-state index is 2.60. The standard InChI is InChI=1S/C50H83N2/c1-4-6-8-10-12-14-16-17-18-19-20-21-23-25-27-35-41-49(50(3,48-39-33-30-34-40-48)45-47-37-31-29-32-38-47)52-44-43-51(46-52)42-36-28-26-24-22-15-13-11-9-7-5-2/h29-34,37-40,43-44,46,49H,4-28,35-36,41-42,45H2,1-3H3/q+1. The molecule has 0 amide bonds. The topological polar surface area (TPSA) is 8.81 Å². The minimum absolute atomic E-state index is 0.00547. The molecule has 0 spiro atoms. The molecule has 2 atom stereocenters. The second kappa shape index (κ2) is 29.1. The van der Waals surface area contributed by atoms with Gasteiger partial charge in [-0.2, -0.15) is 0 Å². The molecule has 0 aliphatic rings. The summed E-state index contributed by atoms with van der Waals surface area (Å²) in [5, 5.41) is 0. The highest BCUT2D eigenvalue weighted by Gasteiger charge is 2.40. The molecule has 0 aliphatic heterocycles. The smallest absolute Gasteiger partial charge is 0.237 e. The SMILES string of the molecule is CCCCCCCCCCCCCCCCCCC(n1cc[n+](CCCCCCCCCCCCC)c1)C(C)(Cc1ccccc1)c1ccccc1. The van der Waals surface area contributed by atoms with Crippen molar-refractivity contribution < 1.29 is 4.57 Å². The van der Waals surface area contributed by atoms with Crippen molar-refractivity contribution in [3.8, 4) is 0 Å². The number of hydrogen-bond acceptors (Lipinski definition) is 0. The van der Waals surface area contributed by atoms with Crippen LogP contribution < -0.4 is 4.57 Å². The van der Waals surface area contributed by atoms with E-state index in [4.69, 9.17) is 0 Å². The molecular formula is C50H83N2+. The molecule has 2 nitrogen and oxygen atoms in total. The maximum Gasteiger partial charge on any atom is 0.244 e. The predicted octanol–water partition coefficient (Wildman–Crippen LogP) is 15.5. The third-order valence-corrected chi connectivity index (χ3v) is 12.0. The van der Waals surface area contributed by atoms with Gasteiger partial charge in [0.25, 0.3) is 0 Å². The van der Waals surface area contributed by atoms with E-state index in [1.54, 1.807) is 0 Å². The number of imidazole rings is 1. The lowest BCUT2D eigenvalue weighted by Gasteiger charge is -2.37. The van der Waals surface area contributed by atoms with Gasteiger partial charge in [-0.15, -0.1) is 0 Å². The fourth-order valence-electron chi connectivity index (χ4n) is 8.62. The lowest BCUT2D eigenvalue weighted by atomic mass is 9.70. The molecule has 292 valence electrons. The molecule has 0 radical (unpaired) electrons. The van der Waals surface area contributed by atoms with Crippen LogP contribution in [0.3, 0.4) is 0 Å². The van der Waals surface area contributed by atoms with Gasteiger partial charge in [0.2, 0.25) is 6.33 Å². The summed E-state index contributed by atoms with van der Waals surface area (Å²) in [4.78, 5) is 0. The van der Waals surface area contributed by atoms with Gasteiger partial charge in [-0.3, -0.25) is 0 Å². The number of benzene rings is 2. The third-order valence-electron chi connectivity index (χ3n) is 12.0. The molecule has 0 aliphatic carbocycles. The van der Waals surface area contributed by atoms with Crippen LogP contribution >= 0.6 is 0 Å². The largest absolute Gasteiger partial charge is 0.244 e. The zero-order valence-electron chi connectivity index (χ0n) is 34.7. The molecule has 0 bridgehead atoms. The van der Waals surface area contributed by atoms with Gasteiger partial charge in [0, 0.05) is 5.41 Å². The van der Waals surface area contributed by atoms with Crippen molar-refractivity contribution in [3.05, 3.63) is 90.5 Å². The second-order valence-corrected chi connectivity index (χ2v) is 16.7. The minimum atomic E-state index is 0.00547. The zero-order chi connectivity index (χ0) is 36.8. The van der Waals surface area contributed by atoms with Gasteiger partial charge >= 0.3 is 0 Å². The molecular weight excluding hydrogens is 629 g/mol. The molecule has 2 aromatic carbocycles. The van der Waals surface area contributed by atoms with E-state index in [0.29, 0.717) is 6.04 Å². The fourth-order valence-corrected chi connectivity index (χ4v) is 8.62. The molecule has 0 saturated carbocycles. The van der Waals surface area contributed by atoms with Crippen molar-refractivity contribution in [1.29, 1.82) is 0 Å². The van der Waals surface area contributed by atoms with E-state index >= 15 is 0 Å². The van der Waals surface area contributed by atoms with Crippen molar-refractivity contribution in [2.45, 2.75) is 225 Å². The highest BCUT2D eigenvalue weighted by molar-refractivity contribution is 5.30. The van der Waals surface area contributed by atoms with Crippen LogP contribution in [-0.4, -0.2) is 4.57 Å². The molecule has 2 heteroatoms. The molecule has 3 rings (SSSR count). The van der Waals surface area contributed by atoms with Gasteiger partial charge in [0.1, 0.15) is 18.4 Å². The Kier molecular flexibility index (Phi) is 24.6. The predicted molar refractivity (Wildman–Crippen MR) is 228 cm³/mol. The van der Waals surface area contributed by atoms with E-state index in [1.807, 2.05) is 0 Å². The molecule has 2 unspecified atom stereocenters. The Balaban J connectivity index is 1.48. The van der Waals surface area contributed by atoms with Crippen LogP contribution in [-0.2, 0) is 18.4 Å². The summed E-state index contributed by atoms with van der Waals surface area (Å²) in [5.41, 5.74) is 2.91. The monoisotopic (exact) mass is 712 g/mol. The average molecular weight is 712 g/mol. The zero-order valence-corrected chi connectivity index (χ0v) is 34.7. The van der Waals surface area contributed by atoms with Crippen molar-refractivity contribution in [2.24, 2.45) is 0 Å². The Morgan fingerprint density at radius 2 is 0.904 bits per heavy atom. The van der Waals surface area contributed by atoms with Crippen molar-refractivity contribution >= 4 is 0 Å². The average Bonchev–Trinajstić information content (AvgIpc) is 3.64. The van der Waals surface area contributed by atoms with E-state index in [9.17, 15) is 0 Å². The summed E-state index contributed by atoms with van der Waals surface area (Å²) < 4.78 is 5.07. The van der Waals surface area contributed by atoms with E-state index < -0.39 is 0 Å². The summed E-state index contributed by atoms with van der Waals surface area (Å²) in [5.74, 6) is 0. The molecule has 0 fully saturated rings. The van der Waals surface area contributed by atoms with E-state index in [0.717, 1.165) is 13.0 Å². The van der Waals surface area contributed by atoms with E-state index in [-0.39, 0.29) is 5.41 Å². The van der Waals surface area contributed by atoms with E-state index in [1.165, 1.54) is 191 Å². The van der Waals surface area contributed by atoms with E-state index in [2.05, 4.69) is 109 Å². The fraction of sp³-hybridized carbons (Fsp3) is 0.700. The number of aryl methyl sites for hydroxylation is 1. The number of nitrogens with zero attached hydrogens (tertiary/aromatic N) is 2. The van der Waals surface area contributed by atoms with Crippen molar-refractivity contribution in [1.82, 2.24) is 4.57 Å². The van der Waals surface area contributed by atoms with Gasteiger partial charge in [0.15, 0.2) is 0 Å². The van der Waals surface area contributed by atoms with Crippen LogP contribution in [0.25, 0.3) is 0 Å². The number of rotatable bonds is 34. The second-order valence-electron chi connectivity index (χ2n) is 16.7. The van der Waals surface area contributed by atoms with Crippen LogP contribution in [0.5, 0.6) is 0 Å². The Morgan fingerprint density at radius 3 is 1.37 bits per heavy atom. The summed E-state index contributed by atoms with van der Waals surface area (Å²) in [6.07, 6.45) is 47.6. The molecule has 1 aromatic heterocycles. The Labute approximate surface area is 323 Å². The Bertz CT molecular complexity index is 1200. The van der Waals surface area contributed by atoms with Crippen LogP contribution in [0.1, 0.15) is 218 Å². The summed E-state index contributed by atoms with van der Waals surface area (Å²) in [6.45, 7) is 8.29. The van der Waals surface area contributed by atoms with Crippen LogP contribution in [0.2, 0.25) is 0 Å². The first-order valence-electron chi connectivity index (χ1n) is 22.8. The molecule has 0 saturated heterocycles. The number of aromatic nitrogens is 2. The first-order chi connectivity index (χ1) is 25.7. The molecule has 0 N–H and O–H groups in total. The highest BCUT2D eigenvalue weighted by atomic mass is 15.1. The quantitative estimate of drug-likeness (QED) is 0.0431. The highest BCUT2D eigenvalue weighted by Crippen LogP contribution is 2.41. The number of unbranched alkanes of at least 4 members (excludes halogenated alkanes) is 25. The van der Waals surface area contributed by atoms with Crippen LogP contribution in [0.15, 0.2) is 79.4 Å².